The number of rotatable bonds is 4. The first kappa shape index (κ1) is 14.3. The molecule has 0 amide bonds. The smallest absolute Gasteiger partial charge is 0.389 e. The van der Waals surface area contributed by atoms with Gasteiger partial charge in [-0.05, 0) is 44.2 Å². The molecule has 1 heterocycles. The molecule has 19 heavy (non-hydrogen) atoms. The Kier molecular flexibility index (Phi) is 3.85. The van der Waals surface area contributed by atoms with Crippen LogP contribution in [0.2, 0.25) is 0 Å². The molecule has 1 N–H and O–H groups in total. The number of hydrogen-bond acceptors (Lipinski definition) is 2. The molecule has 0 bridgehead atoms. The zero-order chi connectivity index (χ0) is 14.1. The summed E-state index contributed by atoms with van der Waals surface area (Å²) in [4.78, 5) is 4.28. The van der Waals surface area contributed by atoms with E-state index in [4.69, 9.17) is 0 Å². The number of alkyl halides is 3. The van der Waals surface area contributed by atoms with Crippen molar-refractivity contribution in [1.82, 2.24) is 4.98 Å². The highest BCUT2D eigenvalue weighted by Crippen LogP contribution is 2.41. The third kappa shape index (κ3) is 3.47. The van der Waals surface area contributed by atoms with E-state index in [-0.39, 0.29) is 18.8 Å². The van der Waals surface area contributed by atoms with Gasteiger partial charge in [-0.2, -0.15) is 13.2 Å². The highest BCUT2D eigenvalue weighted by molar-refractivity contribution is 5.30. The van der Waals surface area contributed by atoms with Crippen molar-refractivity contribution in [2.45, 2.75) is 56.7 Å². The molecule has 0 saturated carbocycles. The number of aromatic nitrogens is 1. The SMILES string of the molecule is CC(O)(CCCC(F)(F)F)C1CCc2cccnc21. The number of halogens is 3. The first-order valence-electron chi connectivity index (χ1n) is 6.52. The lowest BCUT2D eigenvalue weighted by molar-refractivity contribution is -0.138. The van der Waals surface area contributed by atoms with Gasteiger partial charge in [-0.25, -0.2) is 0 Å². The Balaban J connectivity index is 2.01. The number of aryl methyl sites for hydroxylation is 1. The van der Waals surface area contributed by atoms with Gasteiger partial charge >= 0.3 is 6.18 Å². The third-order valence-electron chi connectivity index (χ3n) is 3.85. The maximum atomic E-state index is 12.2. The van der Waals surface area contributed by atoms with Crippen molar-refractivity contribution in [3.8, 4) is 0 Å². The van der Waals surface area contributed by atoms with E-state index in [1.165, 1.54) is 0 Å². The minimum Gasteiger partial charge on any atom is -0.389 e. The van der Waals surface area contributed by atoms with Gasteiger partial charge in [0, 0.05) is 24.2 Å². The topological polar surface area (TPSA) is 33.1 Å². The first-order valence-corrected chi connectivity index (χ1v) is 6.52. The summed E-state index contributed by atoms with van der Waals surface area (Å²) in [6.45, 7) is 1.62. The Morgan fingerprint density at radius 1 is 1.37 bits per heavy atom. The van der Waals surface area contributed by atoms with Crippen LogP contribution < -0.4 is 0 Å². The molecular weight excluding hydrogens is 255 g/mol. The van der Waals surface area contributed by atoms with Crippen molar-refractivity contribution >= 4 is 0 Å². The van der Waals surface area contributed by atoms with Gasteiger partial charge in [-0.3, -0.25) is 4.98 Å². The van der Waals surface area contributed by atoms with Crippen molar-refractivity contribution in [1.29, 1.82) is 0 Å². The minimum absolute atomic E-state index is 0.0465. The summed E-state index contributed by atoms with van der Waals surface area (Å²) in [7, 11) is 0. The summed E-state index contributed by atoms with van der Waals surface area (Å²) in [5.74, 6) is -0.156. The van der Waals surface area contributed by atoms with Crippen LogP contribution in [0.15, 0.2) is 18.3 Å². The van der Waals surface area contributed by atoms with Gasteiger partial charge < -0.3 is 5.11 Å². The lowest BCUT2D eigenvalue weighted by Gasteiger charge is -2.30. The second-order valence-corrected chi connectivity index (χ2v) is 5.46. The van der Waals surface area contributed by atoms with Gasteiger partial charge in [-0.15, -0.1) is 0 Å². The molecule has 1 aromatic rings. The highest BCUT2D eigenvalue weighted by atomic mass is 19.4. The number of hydrogen-bond donors (Lipinski definition) is 1. The average Bonchev–Trinajstić information content (AvgIpc) is 2.71. The van der Waals surface area contributed by atoms with Crippen molar-refractivity contribution in [2.24, 2.45) is 0 Å². The van der Waals surface area contributed by atoms with Gasteiger partial charge in [0.05, 0.1) is 5.60 Å². The lowest BCUT2D eigenvalue weighted by Crippen LogP contribution is -2.32. The Hall–Kier alpha value is -1.10. The van der Waals surface area contributed by atoms with Gasteiger partial charge in [0.25, 0.3) is 0 Å². The van der Waals surface area contributed by atoms with E-state index in [1.807, 2.05) is 12.1 Å². The first-order chi connectivity index (χ1) is 8.80. The predicted octanol–water partition coefficient (Wildman–Crippen LogP) is 3.60. The predicted molar refractivity (Wildman–Crippen MR) is 65.8 cm³/mol. The fourth-order valence-corrected chi connectivity index (χ4v) is 2.84. The van der Waals surface area contributed by atoms with E-state index in [9.17, 15) is 18.3 Å². The van der Waals surface area contributed by atoms with Gasteiger partial charge in [0.2, 0.25) is 0 Å². The fraction of sp³-hybridized carbons (Fsp3) is 0.643. The van der Waals surface area contributed by atoms with E-state index in [2.05, 4.69) is 4.98 Å². The van der Waals surface area contributed by atoms with Crippen molar-refractivity contribution in [2.75, 3.05) is 0 Å². The maximum Gasteiger partial charge on any atom is 0.389 e. The summed E-state index contributed by atoms with van der Waals surface area (Å²) in [5.41, 5.74) is 0.827. The van der Waals surface area contributed by atoms with E-state index in [0.717, 1.165) is 24.1 Å². The summed E-state index contributed by atoms with van der Waals surface area (Å²) in [5, 5.41) is 10.5. The van der Waals surface area contributed by atoms with Crippen molar-refractivity contribution in [3.63, 3.8) is 0 Å². The second-order valence-electron chi connectivity index (χ2n) is 5.46. The van der Waals surface area contributed by atoms with Crippen LogP contribution in [0.5, 0.6) is 0 Å². The monoisotopic (exact) mass is 273 g/mol. The second kappa shape index (κ2) is 5.12. The lowest BCUT2D eigenvalue weighted by atomic mass is 9.83. The highest BCUT2D eigenvalue weighted by Gasteiger charge is 2.39. The standard InChI is InChI=1S/C14H18F3NO/c1-13(19,7-3-8-14(15,16)17)11-6-5-10-4-2-9-18-12(10)11/h2,4,9,11,19H,3,5-8H2,1H3. The number of nitrogens with zero attached hydrogens (tertiary/aromatic N) is 1. The quantitative estimate of drug-likeness (QED) is 0.909. The molecule has 2 nitrogen and oxygen atoms in total. The Bertz CT molecular complexity index is 443. The molecule has 106 valence electrons. The minimum atomic E-state index is -4.15. The normalized spacial score (nSPS) is 22.1. The largest absolute Gasteiger partial charge is 0.389 e. The Morgan fingerprint density at radius 3 is 2.79 bits per heavy atom. The molecule has 2 rings (SSSR count). The number of aliphatic hydroxyl groups is 1. The van der Waals surface area contributed by atoms with Crippen LogP contribution in [0.4, 0.5) is 13.2 Å². The zero-order valence-electron chi connectivity index (χ0n) is 10.9. The molecule has 2 atom stereocenters. The van der Waals surface area contributed by atoms with Crippen LogP contribution in [-0.4, -0.2) is 21.9 Å². The third-order valence-corrected chi connectivity index (χ3v) is 3.85. The van der Waals surface area contributed by atoms with Gasteiger partial charge in [-0.1, -0.05) is 6.07 Å². The molecular formula is C14H18F3NO. The summed E-state index contributed by atoms with van der Waals surface area (Å²) >= 11 is 0. The molecule has 0 radical (unpaired) electrons. The fourth-order valence-electron chi connectivity index (χ4n) is 2.84. The van der Waals surface area contributed by atoms with Crippen molar-refractivity contribution in [3.05, 3.63) is 29.6 Å². The van der Waals surface area contributed by atoms with Crippen LogP contribution >= 0.6 is 0 Å². The Morgan fingerprint density at radius 2 is 2.11 bits per heavy atom. The number of fused-ring (bicyclic) bond motifs is 1. The van der Waals surface area contributed by atoms with Gasteiger partial charge in [0.15, 0.2) is 0 Å². The summed E-state index contributed by atoms with van der Waals surface area (Å²) < 4.78 is 36.5. The summed E-state index contributed by atoms with van der Waals surface area (Å²) in [6.07, 6.45) is -1.63. The van der Waals surface area contributed by atoms with E-state index in [0.29, 0.717) is 0 Å². The van der Waals surface area contributed by atoms with E-state index in [1.54, 1.807) is 13.1 Å². The van der Waals surface area contributed by atoms with Gasteiger partial charge in [0.1, 0.15) is 0 Å². The molecule has 1 aliphatic rings. The molecule has 0 fully saturated rings. The number of pyridine rings is 1. The van der Waals surface area contributed by atoms with E-state index < -0.39 is 18.2 Å². The molecule has 0 aliphatic heterocycles. The van der Waals surface area contributed by atoms with Crippen LogP contribution in [-0.2, 0) is 6.42 Å². The summed E-state index contributed by atoms with van der Waals surface area (Å²) in [6, 6.07) is 3.81. The van der Waals surface area contributed by atoms with Crippen LogP contribution in [0.1, 0.15) is 49.8 Å². The van der Waals surface area contributed by atoms with Crippen LogP contribution in [0, 0.1) is 0 Å². The Labute approximate surface area is 110 Å². The molecule has 5 heteroatoms. The molecule has 1 aliphatic carbocycles. The molecule has 1 aromatic heterocycles. The van der Waals surface area contributed by atoms with Crippen LogP contribution in [0.3, 0.4) is 0 Å². The van der Waals surface area contributed by atoms with Crippen molar-refractivity contribution < 1.29 is 18.3 Å². The zero-order valence-corrected chi connectivity index (χ0v) is 10.9. The molecule has 2 unspecified atom stereocenters. The average molecular weight is 273 g/mol. The molecule has 0 aromatic carbocycles. The molecule has 0 saturated heterocycles. The maximum absolute atomic E-state index is 12.2. The van der Waals surface area contributed by atoms with Crippen LogP contribution in [0.25, 0.3) is 0 Å². The molecule has 0 spiro atoms. The van der Waals surface area contributed by atoms with E-state index >= 15 is 0 Å².